The quantitative estimate of drug-likeness (QED) is 0.268. The van der Waals surface area contributed by atoms with Crippen molar-refractivity contribution in [3.8, 4) is 0 Å². The fourth-order valence-corrected chi connectivity index (χ4v) is 2.27. The predicted molar refractivity (Wildman–Crippen MR) is 84.4 cm³/mol. The topological polar surface area (TPSA) is 73.6 Å². The molecule has 20 heavy (non-hydrogen) atoms. The molecule has 3 N–H and O–H groups in total. The Morgan fingerprint density at radius 1 is 1.20 bits per heavy atom. The largest absolute Gasteiger partial charge is 0.545 e. The molecule has 0 saturated carbocycles. The number of rotatable bonds is 5. The SMILES string of the molecule is C=C(O[Si](C)(C)C(C)(C)C)C(NN)C(=O)OC(C)(C)C. The summed E-state index contributed by atoms with van der Waals surface area (Å²) in [6, 6.07) is -0.858. The van der Waals surface area contributed by atoms with Gasteiger partial charge in [0.2, 0.25) is 8.32 Å². The van der Waals surface area contributed by atoms with Crippen LogP contribution in [0.2, 0.25) is 18.1 Å². The van der Waals surface area contributed by atoms with Crippen LogP contribution in [0.15, 0.2) is 12.3 Å². The summed E-state index contributed by atoms with van der Waals surface area (Å²) in [6.07, 6.45) is 0. The number of hydrogen-bond acceptors (Lipinski definition) is 5. The van der Waals surface area contributed by atoms with Crippen molar-refractivity contribution in [1.82, 2.24) is 5.43 Å². The van der Waals surface area contributed by atoms with Gasteiger partial charge in [0.15, 0.2) is 6.04 Å². The van der Waals surface area contributed by atoms with E-state index in [4.69, 9.17) is 15.0 Å². The number of carbonyl (C=O) groups excluding carboxylic acids is 1. The second kappa shape index (κ2) is 6.28. The molecular weight excluding hydrogens is 272 g/mol. The van der Waals surface area contributed by atoms with Gasteiger partial charge in [0.1, 0.15) is 11.4 Å². The minimum Gasteiger partial charge on any atom is -0.545 e. The Labute approximate surface area is 124 Å². The Hall–Kier alpha value is -0.853. The van der Waals surface area contributed by atoms with Crippen molar-refractivity contribution in [2.45, 2.75) is 71.3 Å². The van der Waals surface area contributed by atoms with Gasteiger partial charge in [-0.2, -0.15) is 0 Å². The molecule has 0 aliphatic heterocycles. The highest BCUT2D eigenvalue weighted by atomic mass is 28.4. The van der Waals surface area contributed by atoms with Gasteiger partial charge >= 0.3 is 5.97 Å². The average Bonchev–Trinajstić information content (AvgIpc) is 2.12. The van der Waals surface area contributed by atoms with E-state index in [9.17, 15) is 4.79 Å². The van der Waals surface area contributed by atoms with Crippen LogP contribution in [0.4, 0.5) is 0 Å². The third kappa shape index (κ3) is 5.64. The molecule has 0 aromatic carbocycles. The highest BCUT2D eigenvalue weighted by molar-refractivity contribution is 6.74. The number of hydrogen-bond donors (Lipinski definition) is 2. The summed E-state index contributed by atoms with van der Waals surface area (Å²) < 4.78 is 11.3. The van der Waals surface area contributed by atoms with Gasteiger partial charge in [0, 0.05) is 0 Å². The molecule has 0 aliphatic rings. The monoisotopic (exact) mass is 302 g/mol. The van der Waals surface area contributed by atoms with Gasteiger partial charge in [0.05, 0.1) is 0 Å². The summed E-state index contributed by atoms with van der Waals surface area (Å²) in [5, 5.41) is 0.0169. The summed E-state index contributed by atoms with van der Waals surface area (Å²) in [7, 11) is -2.05. The van der Waals surface area contributed by atoms with Crippen LogP contribution in [0.1, 0.15) is 41.5 Å². The minimum absolute atomic E-state index is 0.0169. The van der Waals surface area contributed by atoms with E-state index in [1.807, 2.05) is 0 Å². The Bertz CT molecular complexity index is 368. The van der Waals surface area contributed by atoms with Crippen molar-refractivity contribution in [2.75, 3.05) is 0 Å². The van der Waals surface area contributed by atoms with E-state index in [2.05, 4.69) is 45.9 Å². The lowest BCUT2D eigenvalue weighted by Gasteiger charge is -2.38. The van der Waals surface area contributed by atoms with Crippen LogP contribution in [0, 0.1) is 0 Å². The zero-order chi connectivity index (χ0) is 16.4. The first-order valence-corrected chi connectivity index (χ1v) is 9.69. The summed E-state index contributed by atoms with van der Waals surface area (Å²) in [5.41, 5.74) is 1.84. The number of carbonyl (C=O) groups is 1. The van der Waals surface area contributed by atoms with Crippen LogP contribution in [-0.4, -0.2) is 25.9 Å². The molecule has 6 heteroatoms. The zero-order valence-electron chi connectivity index (χ0n) is 14.1. The number of nitrogens with one attached hydrogen (secondary N) is 1. The second-order valence-electron chi connectivity index (χ2n) is 7.46. The lowest BCUT2D eigenvalue weighted by Crippen LogP contribution is -2.49. The fourth-order valence-electron chi connectivity index (χ4n) is 1.19. The maximum atomic E-state index is 12.1. The van der Waals surface area contributed by atoms with E-state index in [1.165, 1.54) is 0 Å². The van der Waals surface area contributed by atoms with Crippen molar-refractivity contribution >= 4 is 14.3 Å². The Morgan fingerprint density at radius 2 is 1.65 bits per heavy atom. The van der Waals surface area contributed by atoms with E-state index in [-0.39, 0.29) is 5.04 Å². The Balaban J connectivity index is 4.94. The maximum absolute atomic E-state index is 12.1. The first-order valence-electron chi connectivity index (χ1n) is 6.78. The first-order chi connectivity index (χ1) is 8.71. The van der Waals surface area contributed by atoms with E-state index in [1.54, 1.807) is 20.8 Å². The van der Waals surface area contributed by atoms with Crippen LogP contribution in [0.3, 0.4) is 0 Å². The van der Waals surface area contributed by atoms with E-state index in [0.717, 1.165) is 0 Å². The molecule has 0 heterocycles. The lowest BCUT2D eigenvalue weighted by molar-refractivity contribution is -0.157. The number of hydrazine groups is 1. The molecule has 1 atom stereocenters. The summed E-state index contributed by atoms with van der Waals surface area (Å²) in [6.45, 7) is 19.8. The number of esters is 1. The molecule has 0 fully saturated rings. The Morgan fingerprint density at radius 3 is 1.95 bits per heavy atom. The van der Waals surface area contributed by atoms with Gasteiger partial charge in [-0.05, 0) is 38.9 Å². The van der Waals surface area contributed by atoms with E-state index in [0.29, 0.717) is 5.76 Å². The fraction of sp³-hybridized carbons (Fsp3) is 0.786. The molecule has 5 nitrogen and oxygen atoms in total. The summed E-state index contributed by atoms with van der Waals surface area (Å²) in [5.74, 6) is 5.28. The maximum Gasteiger partial charge on any atom is 0.332 e. The minimum atomic E-state index is -2.05. The van der Waals surface area contributed by atoms with Gasteiger partial charge in [-0.1, -0.05) is 27.4 Å². The number of ether oxygens (including phenoxy) is 1. The molecule has 0 radical (unpaired) electrons. The average molecular weight is 302 g/mol. The van der Waals surface area contributed by atoms with Crippen LogP contribution in [0.25, 0.3) is 0 Å². The van der Waals surface area contributed by atoms with Crippen LogP contribution in [0.5, 0.6) is 0 Å². The van der Waals surface area contributed by atoms with E-state index >= 15 is 0 Å². The summed E-state index contributed by atoms with van der Waals surface area (Å²) >= 11 is 0. The third-order valence-corrected chi connectivity index (χ3v) is 7.71. The zero-order valence-corrected chi connectivity index (χ0v) is 15.1. The van der Waals surface area contributed by atoms with Crippen LogP contribution in [-0.2, 0) is 14.0 Å². The van der Waals surface area contributed by atoms with Crippen molar-refractivity contribution < 1.29 is 14.0 Å². The molecule has 118 valence electrons. The first kappa shape index (κ1) is 19.1. The normalized spacial score (nSPS) is 14.7. The summed E-state index contributed by atoms with van der Waals surface area (Å²) in [4.78, 5) is 12.1. The van der Waals surface area contributed by atoms with Crippen LogP contribution < -0.4 is 11.3 Å². The molecule has 0 aliphatic carbocycles. The molecule has 0 aromatic rings. The smallest absolute Gasteiger partial charge is 0.332 e. The molecule has 0 amide bonds. The van der Waals surface area contributed by atoms with Crippen molar-refractivity contribution in [3.63, 3.8) is 0 Å². The molecule has 0 bridgehead atoms. The predicted octanol–water partition coefficient (Wildman–Crippen LogP) is 2.70. The van der Waals surface area contributed by atoms with Crippen LogP contribution >= 0.6 is 0 Å². The second-order valence-corrected chi connectivity index (χ2v) is 12.2. The van der Waals surface area contributed by atoms with Crippen molar-refractivity contribution in [1.29, 1.82) is 0 Å². The van der Waals surface area contributed by atoms with Gasteiger partial charge in [-0.3, -0.25) is 5.84 Å². The lowest BCUT2D eigenvalue weighted by atomic mass is 10.2. The molecule has 0 rings (SSSR count). The van der Waals surface area contributed by atoms with Crippen molar-refractivity contribution in [3.05, 3.63) is 12.3 Å². The molecule has 1 unspecified atom stereocenters. The van der Waals surface area contributed by atoms with Gasteiger partial charge in [-0.25, -0.2) is 10.2 Å². The van der Waals surface area contributed by atoms with Gasteiger partial charge < -0.3 is 9.16 Å². The molecular formula is C14H30N2O3Si. The van der Waals surface area contributed by atoms with Gasteiger partial charge in [-0.15, -0.1) is 0 Å². The highest BCUT2D eigenvalue weighted by Crippen LogP contribution is 2.38. The van der Waals surface area contributed by atoms with E-state index < -0.39 is 25.9 Å². The standard InChI is InChI=1S/C14H30N2O3Si/c1-10(19-20(8,9)14(5,6)7)11(16-15)12(17)18-13(2,3)4/h11,16H,1,15H2,2-9H3. The molecule has 0 saturated heterocycles. The highest BCUT2D eigenvalue weighted by Gasteiger charge is 2.41. The Kier molecular flexibility index (Phi) is 6.01. The third-order valence-electron chi connectivity index (χ3n) is 3.32. The van der Waals surface area contributed by atoms with Crippen molar-refractivity contribution in [2.24, 2.45) is 5.84 Å². The van der Waals surface area contributed by atoms with Gasteiger partial charge in [0.25, 0.3) is 0 Å². The molecule has 0 spiro atoms. The number of nitrogens with two attached hydrogens (primary N) is 1. The molecule has 0 aromatic heterocycles.